The second kappa shape index (κ2) is 6.76. The molecule has 1 heterocycles. The largest absolute Gasteiger partial charge is 0.454 e. The van der Waals surface area contributed by atoms with Crippen molar-refractivity contribution < 1.29 is 19.1 Å². The first-order chi connectivity index (χ1) is 11.5. The van der Waals surface area contributed by atoms with Gasteiger partial charge in [0.2, 0.25) is 6.79 Å². The van der Waals surface area contributed by atoms with E-state index in [9.17, 15) is 9.59 Å². The molecule has 3 rings (SSSR count). The van der Waals surface area contributed by atoms with Gasteiger partial charge in [-0.2, -0.15) is 0 Å². The van der Waals surface area contributed by atoms with Crippen molar-refractivity contribution in [3.05, 3.63) is 63.8 Å². The van der Waals surface area contributed by atoms with E-state index in [1.807, 2.05) is 0 Å². The van der Waals surface area contributed by atoms with Crippen LogP contribution in [-0.2, 0) is 4.79 Å². The van der Waals surface area contributed by atoms with E-state index in [1.165, 1.54) is 6.08 Å². The molecule has 0 spiro atoms. The molecule has 24 heavy (non-hydrogen) atoms. The number of fused-ring (bicyclic) bond motifs is 1. The first kappa shape index (κ1) is 16.1. The molecule has 2 amide bonds. The lowest BCUT2D eigenvalue weighted by atomic mass is 10.1. The van der Waals surface area contributed by atoms with Crippen molar-refractivity contribution in [3.8, 4) is 11.5 Å². The van der Waals surface area contributed by atoms with Crippen molar-refractivity contribution in [2.45, 2.75) is 0 Å². The van der Waals surface area contributed by atoms with Crippen LogP contribution in [0, 0.1) is 0 Å². The molecule has 0 radical (unpaired) electrons. The van der Waals surface area contributed by atoms with E-state index in [-0.39, 0.29) is 12.5 Å². The first-order valence-electron chi connectivity index (χ1n) is 7.01. The van der Waals surface area contributed by atoms with Crippen LogP contribution in [-0.4, -0.2) is 18.6 Å². The Morgan fingerprint density at radius 2 is 1.92 bits per heavy atom. The molecule has 7 heteroatoms. The van der Waals surface area contributed by atoms with E-state index < -0.39 is 11.8 Å². The second-order valence-electron chi connectivity index (χ2n) is 5.00. The Hall–Kier alpha value is -2.80. The predicted molar refractivity (Wildman–Crippen MR) is 91.3 cm³/mol. The fourth-order valence-corrected chi connectivity index (χ4v) is 2.56. The Balaban J connectivity index is 1.84. The van der Waals surface area contributed by atoms with Crippen molar-refractivity contribution in [1.82, 2.24) is 5.32 Å². The van der Waals surface area contributed by atoms with Gasteiger partial charge in [0.25, 0.3) is 11.8 Å². The normalized spacial score (nSPS) is 12.8. The second-order valence-corrected chi connectivity index (χ2v) is 5.92. The van der Waals surface area contributed by atoms with Crippen LogP contribution < -0.4 is 20.5 Å². The van der Waals surface area contributed by atoms with Gasteiger partial charge in [-0.25, -0.2) is 0 Å². The number of amides is 2. The molecule has 0 saturated heterocycles. The minimum absolute atomic E-state index is 0.0150. The smallest absolute Gasteiger partial charge is 0.265 e. The van der Waals surface area contributed by atoms with E-state index in [0.29, 0.717) is 22.6 Å². The van der Waals surface area contributed by atoms with Gasteiger partial charge in [-0.1, -0.05) is 28.1 Å². The summed E-state index contributed by atoms with van der Waals surface area (Å²) in [4.78, 5) is 23.9. The van der Waals surface area contributed by atoms with E-state index in [1.54, 1.807) is 42.5 Å². The van der Waals surface area contributed by atoms with Crippen LogP contribution in [0.2, 0.25) is 0 Å². The van der Waals surface area contributed by atoms with E-state index in [0.717, 1.165) is 4.47 Å². The number of rotatable bonds is 4. The van der Waals surface area contributed by atoms with Crippen molar-refractivity contribution in [1.29, 1.82) is 0 Å². The average Bonchev–Trinajstić information content (AvgIpc) is 3.01. The zero-order chi connectivity index (χ0) is 17.1. The summed E-state index contributed by atoms with van der Waals surface area (Å²) in [5, 5.41) is 2.53. The molecule has 0 aliphatic carbocycles. The van der Waals surface area contributed by atoms with Crippen molar-refractivity contribution >= 4 is 33.8 Å². The maximum Gasteiger partial charge on any atom is 0.265 e. The van der Waals surface area contributed by atoms with E-state index in [4.69, 9.17) is 15.2 Å². The summed E-state index contributed by atoms with van der Waals surface area (Å²) in [6.45, 7) is 0.158. The molecule has 0 saturated carbocycles. The average molecular weight is 389 g/mol. The molecule has 6 nitrogen and oxygen atoms in total. The number of halogens is 1. The highest BCUT2D eigenvalue weighted by molar-refractivity contribution is 9.10. The lowest BCUT2D eigenvalue weighted by molar-refractivity contribution is -0.114. The number of carbonyl (C=O) groups is 2. The van der Waals surface area contributed by atoms with Gasteiger partial charge in [-0.15, -0.1) is 0 Å². The van der Waals surface area contributed by atoms with Gasteiger partial charge in [0.15, 0.2) is 11.5 Å². The lowest BCUT2D eigenvalue weighted by Crippen LogP contribution is -2.31. The van der Waals surface area contributed by atoms with Crippen molar-refractivity contribution in [2.75, 3.05) is 6.79 Å². The number of ether oxygens (including phenoxy) is 2. The monoisotopic (exact) mass is 388 g/mol. The standard InChI is InChI=1S/C17H13BrN2O4/c18-12-3-1-2-11(8-12)17(22)20-13(16(19)21)6-10-4-5-14-15(7-10)24-9-23-14/h1-8H,9H2,(H2,19,21)(H,20,22)/b13-6+. The van der Waals surface area contributed by atoms with Crippen molar-refractivity contribution in [3.63, 3.8) is 0 Å². The van der Waals surface area contributed by atoms with Gasteiger partial charge < -0.3 is 20.5 Å². The Morgan fingerprint density at radius 3 is 2.67 bits per heavy atom. The van der Waals surface area contributed by atoms with Crippen LogP contribution in [0.15, 0.2) is 52.6 Å². The third-order valence-corrected chi connectivity index (χ3v) is 3.80. The third-order valence-electron chi connectivity index (χ3n) is 3.31. The number of hydrogen-bond donors (Lipinski definition) is 2. The van der Waals surface area contributed by atoms with Gasteiger partial charge in [0.05, 0.1) is 0 Å². The zero-order valence-corrected chi connectivity index (χ0v) is 14.0. The molecule has 1 aliphatic heterocycles. The zero-order valence-electron chi connectivity index (χ0n) is 12.4. The third kappa shape index (κ3) is 3.57. The Kier molecular flexibility index (Phi) is 4.52. The number of nitrogens with two attached hydrogens (primary N) is 1. The molecule has 122 valence electrons. The highest BCUT2D eigenvalue weighted by Crippen LogP contribution is 2.33. The van der Waals surface area contributed by atoms with Crippen LogP contribution in [0.5, 0.6) is 11.5 Å². The Bertz CT molecular complexity index is 848. The molecule has 0 aromatic heterocycles. The quantitative estimate of drug-likeness (QED) is 0.786. The first-order valence-corrected chi connectivity index (χ1v) is 7.80. The molecule has 0 unspecified atom stereocenters. The number of nitrogens with one attached hydrogen (secondary N) is 1. The molecular formula is C17H13BrN2O4. The summed E-state index contributed by atoms with van der Waals surface area (Å²) < 4.78 is 11.3. The topological polar surface area (TPSA) is 90.7 Å². The molecule has 1 aliphatic rings. The molecule has 2 aromatic rings. The summed E-state index contributed by atoms with van der Waals surface area (Å²) >= 11 is 3.30. The fourth-order valence-electron chi connectivity index (χ4n) is 2.16. The fraction of sp³-hybridized carbons (Fsp3) is 0.0588. The molecule has 0 fully saturated rings. The van der Waals surface area contributed by atoms with Crippen LogP contribution in [0.25, 0.3) is 6.08 Å². The molecular weight excluding hydrogens is 376 g/mol. The summed E-state index contributed by atoms with van der Waals surface area (Å²) in [5.74, 6) is 0.0370. The van der Waals surface area contributed by atoms with Gasteiger partial charge in [-0.05, 0) is 42.0 Å². The molecule has 0 bridgehead atoms. The van der Waals surface area contributed by atoms with E-state index >= 15 is 0 Å². The SMILES string of the molecule is NC(=O)/C(=C\c1ccc2c(c1)OCO2)NC(=O)c1cccc(Br)c1. The van der Waals surface area contributed by atoms with Crippen LogP contribution in [0.3, 0.4) is 0 Å². The van der Waals surface area contributed by atoms with E-state index in [2.05, 4.69) is 21.2 Å². The molecule has 2 aromatic carbocycles. The minimum atomic E-state index is -0.740. The lowest BCUT2D eigenvalue weighted by Gasteiger charge is -2.08. The van der Waals surface area contributed by atoms with Gasteiger partial charge in [0, 0.05) is 10.0 Å². The van der Waals surface area contributed by atoms with Gasteiger partial charge >= 0.3 is 0 Å². The maximum atomic E-state index is 12.3. The number of primary amides is 1. The molecule has 0 atom stereocenters. The number of carbonyl (C=O) groups excluding carboxylic acids is 2. The highest BCUT2D eigenvalue weighted by atomic mass is 79.9. The highest BCUT2D eigenvalue weighted by Gasteiger charge is 2.15. The van der Waals surface area contributed by atoms with Crippen LogP contribution in [0.1, 0.15) is 15.9 Å². The maximum absolute atomic E-state index is 12.3. The summed E-state index contributed by atoms with van der Waals surface area (Å²) in [6, 6.07) is 12.0. The van der Waals surface area contributed by atoms with Crippen LogP contribution in [0.4, 0.5) is 0 Å². The van der Waals surface area contributed by atoms with Crippen LogP contribution >= 0.6 is 15.9 Å². The van der Waals surface area contributed by atoms with Crippen molar-refractivity contribution in [2.24, 2.45) is 5.73 Å². The number of hydrogen-bond acceptors (Lipinski definition) is 4. The summed E-state index contributed by atoms with van der Waals surface area (Å²) in [5.41, 5.74) is 6.41. The number of benzene rings is 2. The Labute approximate surface area is 146 Å². The predicted octanol–water partition coefficient (Wildman–Crippen LogP) is 2.43. The Morgan fingerprint density at radius 1 is 1.12 bits per heavy atom. The van der Waals surface area contributed by atoms with Gasteiger partial charge in [-0.3, -0.25) is 9.59 Å². The summed E-state index contributed by atoms with van der Waals surface area (Å²) in [7, 11) is 0. The van der Waals surface area contributed by atoms with Gasteiger partial charge in [0.1, 0.15) is 5.70 Å². The molecule has 3 N–H and O–H groups in total. The summed E-state index contributed by atoms with van der Waals surface area (Å²) in [6.07, 6.45) is 1.49. The minimum Gasteiger partial charge on any atom is -0.454 e.